The molecular formula is C16H21NOS. The van der Waals surface area contributed by atoms with Gasteiger partial charge in [-0.1, -0.05) is 38.1 Å². The SMILES string of the molecule is CC(NC(c1cccs1)C(C)C)c1ccccc1O. The predicted molar refractivity (Wildman–Crippen MR) is 81.6 cm³/mol. The molecule has 0 aliphatic heterocycles. The van der Waals surface area contributed by atoms with Crippen LogP contribution >= 0.6 is 11.3 Å². The van der Waals surface area contributed by atoms with Crippen molar-refractivity contribution in [3.05, 3.63) is 52.2 Å². The number of benzene rings is 1. The van der Waals surface area contributed by atoms with E-state index in [9.17, 15) is 5.11 Å². The summed E-state index contributed by atoms with van der Waals surface area (Å²) in [4.78, 5) is 1.34. The van der Waals surface area contributed by atoms with E-state index in [0.29, 0.717) is 17.7 Å². The van der Waals surface area contributed by atoms with Crippen LogP contribution in [0, 0.1) is 5.92 Å². The Hall–Kier alpha value is -1.32. The van der Waals surface area contributed by atoms with E-state index in [-0.39, 0.29) is 6.04 Å². The second-order valence-corrected chi connectivity index (χ2v) is 6.16. The maximum Gasteiger partial charge on any atom is 0.120 e. The lowest BCUT2D eigenvalue weighted by atomic mass is 9.99. The zero-order valence-corrected chi connectivity index (χ0v) is 12.4. The Bertz CT molecular complexity index is 507. The molecule has 2 N–H and O–H groups in total. The lowest BCUT2D eigenvalue weighted by molar-refractivity contribution is 0.370. The van der Waals surface area contributed by atoms with Crippen LogP contribution in [0.2, 0.25) is 0 Å². The molecule has 0 spiro atoms. The average molecular weight is 275 g/mol. The summed E-state index contributed by atoms with van der Waals surface area (Å²) >= 11 is 1.78. The highest BCUT2D eigenvalue weighted by atomic mass is 32.1. The summed E-state index contributed by atoms with van der Waals surface area (Å²) in [5.74, 6) is 0.864. The fraction of sp³-hybridized carbons (Fsp3) is 0.375. The van der Waals surface area contributed by atoms with Crippen LogP contribution in [0.5, 0.6) is 5.75 Å². The van der Waals surface area contributed by atoms with Crippen molar-refractivity contribution in [1.29, 1.82) is 0 Å². The van der Waals surface area contributed by atoms with E-state index >= 15 is 0 Å². The monoisotopic (exact) mass is 275 g/mol. The fourth-order valence-electron chi connectivity index (χ4n) is 2.28. The molecule has 3 heteroatoms. The molecule has 2 unspecified atom stereocenters. The number of aromatic hydroxyl groups is 1. The van der Waals surface area contributed by atoms with E-state index in [1.54, 1.807) is 17.4 Å². The van der Waals surface area contributed by atoms with Gasteiger partial charge >= 0.3 is 0 Å². The first-order valence-corrected chi connectivity index (χ1v) is 7.55. The third-order valence-corrected chi connectivity index (χ3v) is 4.30. The predicted octanol–water partition coefficient (Wildman–Crippen LogP) is 4.50. The van der Waals surface area contributed by atoms with E-state index in [2.05, 4.69) is 43.6 Å². The maximum atomic E-state index is 9.93. The Kier molecular flexibility index (Phi) is 4.61. The molecule has 2 aromatic rings. The molecule has 1 aromatic carbocycles. The van der Waals surface area contributed by atoms with E-state index in [0.717, 1.165) is 5.56 Å². The molecule has 2 atom stereocenters. The lowest BCUT2D eigenvalue weighted by Crippen LogP contribution is -2.27. The largest absolute Gasteiger partial charge is 0.508 e. The standard InChI is InChI=1S/C16H21NOS/c1-11(2)16(15-9-6-10-19-15)17-12(3)13-7-4-5-8-14(13)18/h4-12,16-18H,1-3H3. The molecule has 0 radical (unpaired) electrons. The van der Waals surface area contributed by atoms with Crippen molar-refractivity contribution in [1.82, 2.24) is 5.32 Å². The minimum Gasteiger partial charge on any atom is -0.508 e. The second kappa shape index (κ2) is 6.22. The van der Waals surface area contributed by atoms with Gasteiger partial charge in [0, 0.05) is 22.5 Å². The highest BCUT2D eigenvalue weighted by Gasteiger charge is 2.20. The molecule has 1 heterocycles. The van der Waals surface area contributed by atoms with Gasteiger partial charge in [0.2, 0.25) is 0 Å². The highest BCUT2D eigenvalue weighted by molar-refractivity contribution is 7.10. The summed E-state index contributed by atoms with van der Waals surface area (Å²) < 4.78 is 0. The highest BCUT2D eigenvalue weighted by Crippen LogP contribution is 2.31. The Morgan fingerprint density at radius 2 is 1.79 bits per heavy atom. The molecule has 0 aliphatic carbocycles. The van der Waals surface area contributed by atoms with Crippen molar-refractivity contribution in [3.8, 4) is 5.75 Å². The normalized spacial score (nSPS) is 14.5. The summed E-state index contributed by atoms with van der Waals surface area (Å²) in [5.41, 5.74) is 0.949. The molecule has 2 rings (SSSR count). The number of rotatable bonds is 5. The number of hydrogen-bond acceptors (Lipinski definition) is 3. The van der Waals surface area contributed by atoms with E-state index in [4.69, 9.17) is 0 Å². The Labute approximate surface area is 119 Å². The van der Waals surface area contributed by atoms with Gasteiger partial charge in [-0.25, -0.2) is 0 Å². The van der Waals surface area contributed by atoms with Crippen molar-refractivity contribution >= 4 is 11.3 Å². The van der Waals surface area contributed by atoms with Crippen LogP contribution in [-0.2, 0) is 0 Å². The van der Waals surface area contributed by atoms with Gasteiger partial charge in [-0.05, 0) is 30.4 Å². The van der Waals surface area contributed by atoms with Gasteiger partial charge in [-0.3, -0.25) is 0 Å². The topological polar surface area (TPSA) is 32.3 Å². The van der Waals surface area contributed by atoms with Crippen molar-refractivity contribution in [2.24, 2.45) is 5.92 Å². The number of para-hydroxylation sites is 1. The summed E-state index contributed by atoms with van der Waals surface area (Å²) in [6.07, 6.45) is 0. The Balaban J connectivity index is 2.16. The Morgan fingerprint density at radius 3 is 2.37 bits per heavy atom. The molecule has 0 saturated heterocycles. The van der Waals surface area contributed by atoms with Crippen molar-refractivity contribution < 1.29 is 5.11 Å². The second-order valence-electron chi connectivity index (χ2n) is 5.18. The first kappa shape index (κ1) is 14.1. The van der Waals surface area contributed by atoms with Crippen LogP contribution in [0.3, 0.4) is 0 Å². The van der Waals surface area contributed by atoms with E-state index < -0.39 is 0 Å². The average Bonchev–Trinajstić information content (AvgIpc) is 2.89. The van der Waals surface area contributed by atoms with Crippen LogP contribution < -0.4 is 5.32 Å². The summed E-state index contributed by atoms with van der Waals surface area (Å²) in [7, 11) is 0. The zero-order chi connectivity index (χ0) is 13.8. The minimum atomic E-state index is 0.121. The molecule has 0 aliphatic rings. The lowest BCUT2D eigenvalue weighted by Gasteiger charge is -2.26. The number of hydrogen-bond donors (Lipinski definition) is 2. The third-order valence-electron chi connectivity index (χ3n) is 3.35. The first-order valence-electron chi connectivity index (χ1n) is 6.67. The van der Waals surface area contributed by atoms with Crippen molar-refractivity contribution in [3.63, 3.8) is 0 Å². The zero-order valence-electron chi connectivity index (χ0n) is 11.6. The summed E-state index contributed by atoms with van der Waals surface area (Å²) in [6, 6.07) is 12.2. The van der Waals surface area contributed by atoms with Gasteiger partial charge in [-0.15, -0.1) is 11.3 Å². The minimum absolute atomic E-state index is 0.121. The maximum absolute atomic E-state index is 9.93. The molecule has 0 bridgehead atoms. The molecule has 1 aromatic heterocycles. The third kappa shape index (κ3) is 3.37. The van der Waals surface area contributed by atoms with Crippen molar-refractivity contribution in [2.75, 3.05) is 0 Å². The van der Waals surface area contributed by atoms with E-state index in [1.165, 1.54) is 4.88 Å². The van der Waals surface area contributed by atoms with Crippen LogP contribution in [0.1, 0.15) is 43.3 Å². The van der Waals surface area contributed by atoms with Crippen molar-refractivity contribution in [2.45, 2.75) is 32.9 Å². The summed E-state index contributed by atoms with van der Waals surface area (Å²) in [6.45, 7) is 6.53. The Morgan fingerprint density at radius 1 is 1.05 bits per heavy atom. The van der Waals surface area contributed by atoms with Gasteiger partial charge in [0.15, 0.2) is 0 Å². The van der Waals surface area contributed by atoms with Crippen LogP contribution in [0.15, 0.2) is 41.8 Å². The molecule has 0 saturated carbocycles. The molecule has 0 amide bonds. The summed E-state index contributed by atoms with van der Waals surface area (Å²) in [5, 5.41) is 15.7. The smallest absolute Gasteiger partial charge is 0.120 e. The molecule has 102 valence electrons. The molecular weight excluding hydrogens is 254 g/mol. The van der Waals surface area contributed by atoms with Crippen LogP contribution in [0.4, 0.5) is 0 Å². The van der Waals surface area contributed by atoms with Gasteiger partial charge in [-0.2, -0.15) is 0 Å². The van der Waals surface area contributed by atoms with Gasteiger partial charge < -0.3 is 10.4 Å². The number of thiophene rings is 1. The molecule has 19 heavy (non-hydrogen) atoms. The quantitative estimate of drug-likeness (QED) is 0.842. The molecule has 0 fully saturated rings. The van der Waals surface area contributed by atoms with Crippen LogP contribution in [0.25, 0.3) is 0 Å². The van der Waals surface area contributed by atoms with Crippen LogP contribution in [-0.4, -0.2) is 5.11 Å². The fourth-order valence-corrected chi connectivity index (χ4v) is 3.24. The van der Waals surface area contributed by atoms with E-state index in [1.807, 2.05) is 18.2 Å². The van der Waals surface area contributed by atoms with Gasteiger partial charge in [0.05, 0.1) is 0 Å². The van der Waals surface area contributed by atoms with Gasteiger partial charge in [0.25, 0.3) is 0 Å². The first-order chi connectivity index (χ1) is 9.09. The van der Waals surface area contributed by atoms with Gasteiger partial charge in [0.1, 0.15) is 5.75 Å². The number of nitrogens with one attached hydrogen (secondary N) is 1. The number of phenolic OH excluding ortho intramolecular Hbond substituents is 1. The molecule has 2 nitrogen and oxygen atoms in total. The number of phenols is 1.